The Bertz CT molecular complexity index is 288. The van der Waals surface area contributed by atoms with Gasteiger partial charge in [0.1, 0.15) is 0 Å². The van der Waals surface area contributed by atoms with Crippen LogP contribution in [0.5, 0.6) is 0 Å². The van der Waals surface area contributed by atoms with Crippen molar-refractivity contribution in [2.45, 2.75) is 32.7 Å². The van der Waals surface area contributed by atoms with Crippen molar-refractivity contribution in [2.75, 3.05) is 32.7 Å². The molecule has 0 aromatic rings. The number of carbonyl (C=O) groups excluding carboxylic acids is 1. The molecule has 2 amide bonds. The molecule has 2 N–H and O–H groups in total. The van der Waals surface area contributed by atoms with Crippen LogP contribution >= 0.6 is 0 Å². The molecule has 0 aromatic heterocycles. The highest BCUT2D eigenvalue weighted by Crippen LogP contribution is 2.09. The molecule has 1 aliphatic rings. The van der Waals surface area contributed by atoms with Gasteiger partial charge in [-0.05, 0) is 26.8 Å². The summed E-state index contributed by atoms with van der Waals surface area (Å²) < 4.78 is 0. The van der Waals surface area contributed by atoms with Crippen LogP contribution < -0.4 is 5.32 Å². The molecule has 104 valence electrons. The average Bonchev–Trinajstić information content (AvgIpc) is 2.57. The fraction of sp³-hybridized carbons (Fsp3) is 0.833. The van der Waals surface area contributed by atoms with Gasteiger partial charge in [-0.25, -0.2) is 4.79 Å². The molecule has 1 rings (SSSR count). The molecular weight excluding hydrogens is 234 g/mol. The van der Waals surface area contributed by atoms with Gasteiger partial charge in [0.15, 0.2) is 0 Å². The standard InChI is InChI=1S/C12H23N3O3/c1-3-15(10(2)9-11(16)17)12(18)14-7-4-5-13-6-8-14/h10,13H,3-9H2,1-2H3,(H,16,17). The summed E-state index contributed by atoms with van der Waals surface area (Å²) in [7, 11) is 0. The summed E-state index contributed by atoms with van der Waals surface area (Å²) in [6.45, 7) is 7.36. The molecule has 0 bridgehead atoms. The number of hydrogen-bond acceptors (Lipinski definition) is 3. The number of nitrogens with zero attached hydrogens (tertiary/aromatic N) is 2. The zero-order chi connectivity index (χ0) is 13.5. The van der Waals surface area contributed by atoms with Crippen molar-refractivity contribution in [3.63, 3.8) is 0 Å². The Morgan fingerprint density at radius 2 is 2.11 bits per heavy atom. The third kappa shape index (κ3) is 4.18. The van der Waals surface area contributed by atoms with Gasteiger partial charge in [-0.1, -0.05) is 0 Å². The van der Waals surface area contributed by atoms with E-state index in [4.69, 9.17) is 5.11 Å². The molecule has 1 aliphatic heterocycles. The molecule has 0 saturated carbocycles. The fourth-order valence-electron chi connectivity index (χ4n) is 2.22. The molecular formula is C12H23N3O3. The topological polar surface area (TPSA) is 72.9 Å². The Morgan fingerprint density at radius 1 is 1.39 bits per heavy atom. The van der Waals surface area contributed by atoms with Crippen molar-refractivity contribution in [3.8, 4) is 0 Å². The van der Waals surface area contributed by atoms with E-state index in [2.05, 4.69) is 5.32 Å². The van der Waals surface area contributed by atoms with Crippen molar-refractivity contribution < 1.29 is 14.7 Å². The van der Waals surface area contributed by atoms with E-state index in [1.165, 1.54) is 0 Å². The Kier molecular flexibility index (Phi) is 5.91. The normalized spacial score (nSPS) is 18.0. The zero-order valence-corrected chi connectivity index (χ0v) is 11.2. The van der Waals surface area contributed by atoms with Crippen LogP contribution in [-0.4, -0.2) is 65.7 Å². The maximum atomic E-state index is 12.3. The number of hydrogen-bond donors (Lipinski definition) is 2. The third-order valence-corrected chi connectivity index (χ3v) is 3.20. The third-order valence-electron chi connectivity index (χ3n) is 3.20. The van der Waals surface area contributed by atoms with Crippen molar-refractivity contribution in [1.29, 1.82) is 0 Å². The van der Waals surface area contributed by atoms with Crippen LogP contribution in [0, 0.1) is 0 Å². The van der Waals surface area contributed by atoms with Gasteiger partial charge >= 0.3 is 12.0 Å². The van der Waals surface area contributed by atoms with E-state index in [-0.39, 0.29) is 18.5 Å². The maximum Gasteiger partial charge on any atom is 0.320 e. The van der Waals surface area contributed by atoms with Crippen molar-refractivity contribution in [3.05, 3.63) is 0 Å². The summed E-state index contributed by atoms with van der Waals surface area (Å²) in [4.78, 5) is 26.5. The number of aliphatic carboxylic acids is 1. The van der Waals surface area contributed by atoms with Gasteiger partial charge in [-0.2, -0.15) is 0 Å². The van der Waals surface area contributed by atoms with Gasteiger partial charge in [-0.15, -0.1) is 0 Å². The lowest BCUT2D eigenvalue weighted by Crippen LogP contribution is -2.48. The van der Waals surface area contributed by atoms with Crippen molar-refractivity contribution >= 4 is 12.0 Å². The predicted octanol–water partition coefficient (Wildman–Crippen LogP) is 0.587. The summed E-state index contributed by atoms with van der Waals surface area (Å²) in [6, 6.07) is -0.314. The van der Waals surface area contributed by atoms with Crippen LogP contribution in [-0.2, 0) is 4.79 Å². The highest BCUT2D eigenvalue weighted by molar-refractivity contribution is 5.76. The van der Waals surface area contributed by atoms with Gasteiger partial charge in [-0.3, -0.25) is 4.79 Å². The Balaban J connectivity index is 2.62. The monoisotopic (exact) mass is 257 g/mol. The zero-order valence-electron chi connectivity index (χ0n) is 11.2. The van der Waals surface area contributed by atoms with E-state index in [0.717, 1.165) is 26.1 Å². The van der Waals surface area contributed by atoms with Gasteiger partial charge in [0.05, 0.1) is 6.42 Å². The average molecular weight is 257 g/mol. The Hall–Kier alpha value is -1.30. The minimum atomic E-state index is -0.869. The smallest absolute Gasteiger partial charge is 0.320 e. The van der Waals surface area contributed by atoms with Gasteiger partial charge in [0.25, 0.3) is 0 Å². The maximum absolute atomic E-state index is 12.3. The predicted molar refractivity (Wildman–Crippen MR) is 68.6 cm³/mol. The van der Waals surface area contributed by atoms with Crippen LogP contribution in [0.4, 0.5) is 4.79 Å². The van der Waals surface area contributed by atoms with E-state index in [9.17, 15) is 9.59 Å². The first-order valence-corrected chi connectivity index (χ1v) is 6.54. The quantitative estimate of drug-likeness (QED) is 0.773. The first-order chi connectivity index (χ1) is 8.56. The number of carboxylic acids is 1. The van der Waals surface area contributed by atoms with Crippen molar-refractivity contribution in [2.24, 2.45) is 0 Å². The second kappa shape index (κ2) is 7.20. The molecule has 1 atom stereocenters. The number of rotatable bonds is 4. The summed E-state index contributed by atoms with van der Waals surface area (Å²) in [5, 5.41) is 12.0. The van der Waals surface area contributed by atoms with E-state index in [0.29, 0.717) is 13.1 Å². The molecule has 0 aromatic carbocycles. The second-order valence-electron chi connectivity index (χ2n) is 4.61. The number of amides is 2. The molecule has 1 saturated heterocycles. The Morgan fingerprint density at radius 3 is 2.72 bits per heavy atom. The first kappa shape index (κ1) is 14.8. The van der Waals surface area contributed by atoms with Crippen LogP contribution in [0.3, 0.4) is 0 Å². The van der Waals surface area contributed by atoms with Crippen molar-refractivity contribution in [1.82, 2.24) is 15.1 Å². The molecule has 6 nitrogen and oxygen atoms in total. The molecule has 6 heteroatoms. The summed E-state index contributed by atoms with van der Waals surface area (Å²) in [6.07, 6.45) is 0.933. The second-order valence-corrected chi connectivity index (χ2v) is 4.61. The molecule has 0 spiro atoms. The van der Waals surface area contributed by atoms with Crippen LogP contribution in [0.2, 0.25) is 0 Å². The molecule has 1 fully saturated rings. The van der Waals surface area contributed by atoms with E-state index >= 15 is 0 Å². The first-order valence-electron chi connectivity index (χ1n) is 6.54. The highest BCUT2D eigenvalue weighted by Gasteiger charge is 2.25. The lowest BCUT2D eigenvalue weighted by atomic mass is 10.2. The number of nitrogens with one attached hydrogen (secondary N) is 1. The van der Waals surface area contributed by atoms with Gasteiger partial charge < -0.3 is 20.2 Å². The van der Waals surface area contributed by atoms with E-state index in [1.807, 2.05) is 11.8 Å². The number of urea groups is 1. The molecule has 1 unspecified atom stereocenters. The highest BCUT2D eigenvalue weighted by atomic mass is 16.4. The molecule has 1 heterocycles. The Labute approximate surface area is 108 Å². The molecule has 0 aliphatic carbocycles. The SMILES string of the molecule is CCN(C(=O)N1CCCNCC1)C(C)CC(=O)O. The van der Waals surface area contributed by atoms with E-state index in [1.54, 1.807) is 11.8 Å². The van der Waals surface area contributed by atoms with E-state index < -0.39 is 5.97 Å². The summed E-state index contributed by atoms with van der Waals surface area (Å²) >= 11 is 0. The van der Waals surface area contributed by atoms with Crippen LogP contribution in [0.1, 0.15) is 26.7 Å². The number of carbonyl (C=O) groups is 2. The summed E-state index contributed by atoms with van der Waals surface area (Å²) in [5.74, 6) is -0.869. The fourth-order valence-corrected chi connectivity index (χ4v) is 2.22. The minimum absolute atomic E-state index is 0.00826. The largest absolute Gasteiger partial charge is 0.481 e. The van der Waals surface area contributed by atoms with Gasteiger partial charge in [0, 0.05) is 32.2 Å². The molecule has 0 radical (unpaired) electrons. The minimum Gasteiger partial charge on any atom is -0.481 e. The van der Waals surface area contributed by atoms with Gasteiger partial charge in [0.2, 0.25) is 0 Å². The lowest BCUT2D eigenvalue weighted by molar-refractivity contribution is -0.138. The van der Waals surface area contributed by atoms with Crippen LogP contribution in [0.25, 0.3) is 0 Å². The number of carboxylic acid groups (broad SMARTS) is 1. The summed E-state index contributed by atoms with van der Waals surface area (Å²) in [5.41, 5.74) is 0. The lowest BCUT2D eigenvalue weighted by Gasteiger charge is -2.32. The van der Waals surface area contributed by atoms with Crippen LogP contribution in [0.15, 0.2) is 0 Å². The molecule has 18 heavy (non-hydrogen) atoms.